The molecule has 1 aliphatic carbocycles. The number of aromatic nitrogens is 3. The molecule has 0 atom stereocenters. The quantitative estimate of drug-likeness (QED) is 0.245. The van der Waals surface area contributed by atoms with Crippen molar-refractivity contribution in [1.29, 1.82) is 0 Å². The van der Waals surface area contributed by atoms with E-state index in [9.17, 15) is 0 Å². The highest BCUT2D eigenvalue weighted by Gasteiger charge is 2.23. The molecule has 0 unspecified atom stereocenters. The molecule has 1 aliphatic rings. The molecule has 1 aromatic heterocycles. The van der Waals surface area contributed by atoms with Gasteiger partial charge >= 0.3 is 0 Å². The summed E-state index contributed by atoms with van der Waals surface area (Å²) in [5.74, 6) is 3.23. The summed E-state index contributed by atoms with van der Waals surface area (Å²) in [5, 5.41) is 16.6. The fourth-order valence-electron chi connectivity index (χ4n) is 3.94. The van der Waals surface area contributed by atoms with E-state index < -0.39 is 0 Å². The van der Waals surface area contributed by atoms with Gasteiger partial charge in [-0.15, -0.1) is 10.2 Å². The minimum atomic E-state index is 0.560. The first-order valence-corrected chi connectivity index (χ1v) is 12.2. The number of thioether (sulfide) groups is 1. The van der Waals surface area contributed by atoms with E-state index in [0.717, 1.165) is 41.8 Å². The zero-order valence-electron chi connectivity index (χ0n) is 19.0. The number of nitrogens with one attached hydrogen (secondary N) is 2. The second-order valence-corrected chi connectivity index (χ2v) is 8.21. The average molecular weight is 447 g/mol. The van der Waals surface area contributed by atoms with Crippen LogP contribution in [-0.4, -0.2) is 54.3 Å². The van der Waals surface area contributed by atoms with Crippen molar-refractivity contribution in [2.75, 3.05) is 38.9 Å². The molecule has 9 heteroatoms. The highest BCUT2D eigenvalue weighted by molar-refractivity contribution is 7.98. The van der Waals surface area contributed by atoms with Crippen molar-refractivity contribution in [1.82, 2.24) is 20.1 Å². The van der Waals surface area contributed by atoms with Crippen LogP contribution in [0.15, 0.2) is 28.3 Å². The molecule has 2 aromatic rings. The van der Waals surface area contributed by atoms with Gasteiger partial charge in [0.25, 0.3) is 0 Å². The molecule has 0 radical (unpaired) electrons. The number of aliphatic imine (C=N–C) groups is 1. The van der Waals surface area contributed by atoms with Crippen molar-refractivity contribution in [2.24, 2.45) is 4.99 Å². The van der Waals surface area contributed by atoms with Crippen LogP contribution < -0.4 is 20.1 Å². The van der Waals surface area contributed by atoms with Gasteiger partial charge in [-0.1, -0.05) is 24.6 Å². The maximum atomic E-state index is 5.58. The Bertz CT molecular complexity index is 864. The summed E-state index contributed by atoms with van der Waals surface area (Å²) < 4.78 is 13.4. The van der Waals surface area contributed by atoms with Crippen LogP contribution in [0.4, 0.5) is 5.69 Å². The minimum Gasteiger partial charge on any atom is -0.493 e. The number of aryl methyl sites for hydroxylation is 1. The maximum absolute atomic E-state index is 5.58. The van der Waals surface area contributed by atoms with Gasteiger partial charge in [0, 0.05) is 37.8 Å². The number of rotatable bonds is 10. The largest absolute Gasteiger partial charge is 0.493 e. The summed E-state index contributed by atoms with van der Waals surface area (Å²) in [6.45, 7) is 3.34. The number of hydrogen-bond donors (Lipinski definition) is 2. The van der Waals surface area contributed by atoms with Crippen LogP contribution in [0.25, 0.3) is 0 Å². The topological polar surface area (TPSA) is 85.6 Å². The smallest absolute Gasteiger partial charge is 0.195 e. The van der Waals surface area contributed by atoms with Crippen molar-refractivity contribution >= 4 is 23.4 Å². The standard InChI is InChI=1S/C22H34N6O2S/c1-5-30-18-13-12-16(15-19(18)29-3)25-21(23-2)24-14-8-11-20-26-27-22(31-4)28(20)17-9-6-7-10-17/h12-13,15,17H,5-11,14H2,1-4H3,(H2,23,24,25). The molecule has 0 bridgehead atoms. The molecule has 0 saturated heterocycles. The van der Waals surface area contributed by atoms with E-state index in [-0.39, 0.29) is 0 Å². The molecule has 1 saturated carbocycles. The third-order valence-corrected chi connectivity index (χ3v) is 6.07. The zero-order valence-corrected chi connectivity index (χ0v) is 19.8. The van der Waals surface area contributed by atoms with Crippen LogP contribution >= 0.6 is 11.8 Å². The maximum Gasteiger partial charge on any atom is 0.195 e. The second-order valence-electron chi connectivity index (χ2n) is 7.44. The number of benzene rings is 1. The molecule has 0 spiro atoms. The number of anilines is 1. The Kier molecular flexibility index (Phi) is 8.87. The predicted octanol–water partition coefficient (Wildman–Crippen LogP) is 4.14. The summed E-state index contributed by atoms with van der Waals surface area (Å²) in [6.07, 6.45) is 8.99. The van der Waals surface area contributed by atoms with E-state index in [1.54, 1.807) is 25.9 Å². The molecule has 1 heterocycles. The first kappa shape index (κ1) is 23.2. The number of guanidine groups is 1. The molecule has 1 aromatic carbocycles. The van der Waals surface area contributed by atoms with Crippen molar-refractivity contribution in [3.63, 3.8) is 0 Å². The van der Waals surface area contributed by atoms with Gasteiger partial charge in [0.05, 0.1) is 13.7 Å². The monoisotopic (exact) mass is 446 g/mol. The molecule has 31 heavy (non-hydrogen) atoms. The van der Waals surface area contributed by atoms with Crippen LogP contribution in [-0.2, 0) is 6.42 Å². The molecule has 8 nitrogen and oxygen atoms in total. The Balaban J connectivity index is 1.53. The fourth-order valence-corrected chi connectivity index (χ4v) is 4.51. The predicted molar refractivity (Wildman–Crippen MR) is 127 cm³/mol. The van der Waals surface area contributed by atoms with Crippen LogP contribution in [0.1, 0.15) is 50.9 Å². The first-order chi connectivity index (χ1) is 15.2. The lowest BCUT2D eigenvalue weighted by molar-refractivity contribution is 0.311. The normalized spacial score (nSPS) is 14.6. The van der Waals surface area contributed by atoms with Crippen molar-refractivity contribution < 1.29 is 9.47 Å². The highest BCUT2D eigenvalue weighted by Crippen LogP contribution is 2.33. The summed E-state index contributed by atoms with van der Waals surface area (Å²) in [4.78, 5) is 4.33. The Morgan fingerprint density at radius 2 is 2.06 bits per heavy atom. The van der Waals surface area contributed by atoms with Crippen molar-refractivity contribution in [2.45, 2.75) is 56.6 Å². The van der Waals surface area contributed by atoms with E-state index in [4.69, 9.17) is 9.47 Å². The fraction of sp³-hybridized carbons (Fsp3) is 0.591. The molecule has 3 rings (SSSR count). The molecular formula is C22H34N6O2S. The zero-order chi connectivity index (χ0) is 22.1. The van der Waals surface area contributed by atoms with Crippen molar-refractivity contribution in [3.8, 4) is 11.5 Å². The lowest BCUT2D eigenvalue weighted by Crippen LogP contribution is -2.31. The van der Waals surface area contributed by atoms with Gasteiger partial charge in [-0.05, 0) is 44.6 Å². The SMILES string of the molecule is CCOc1ccc(NC(=NC)NCCCc2nnc(SC)n2C2CCCC2)cc1OC. The lowest BCUT2D eigenvalue weighted by atomic mass is 10.2. The molecule has 1 fully saturated rings. The van der Waals surface area contributed by atoms with E-state index in [0.29, 0.717) is 24.4 Å². The molecule has 2 N–H and O–H groups in total. The van der Waals surface area contributed by atoms with Gasteiger partial charge in [0.15, 0.2) is 22.6 Å². The van der Waals surface area contributed by atoms with E-state index in [1.807, 2.05) is 25.1 Å². The molecular weight excluding hydrogens is 412 g/mol. The lowest BCUT2D eigenvalue weighted by Gasteiger charge is -2.17. The molecule has 0 aliphatic heterocycles. The van der Waals surface area contributed by atoms with E-state index in [1.165, 1.54) is 25.7 Å². The van der Waals surface area contributed by atoms with Gasteiger partial charge < -0.3 is 24.7 Å². The summed E-state index contributed by atoms with van der Waals surface area (Å²) >= 11 is 1.68. The second kappa shape index (κ2) is 11.8. The molecule has 170 valence electrons. The van der Waals surface area contributed by atoms with E-state index in [2.05, 4.69) is 36.6 Å². The first-order valence-electron chi connectivity index (χ1n) is 11.0. The minimum absolute atomic E-state index is 0.560. The van der Waals surface area contributed by atoms with Gasteiger partial charge in [0.2, 0.25) is 0 Å². The summed E-state index contributed by atoms with van der Waals surface area (Å²) in [6, 6.07) is 6.32. The van der Waals surface area contributed by atoms with Crippen LogP contribution in [0.2, 0.25) is 0 Å². The highest BCUT2D eigenvalue weighted by atomic mass is 32.2. The van der Waals surface area contributed by atoms with Gasteiger partial charge in [-0.2, -0.15) is 0 Å². The Morgan fingerprint density at radius 1 is 1.26 bits per heavy atom. The van der Waals surface area contributed by atoms with Crippen LogP contribution in [0.5, 0.6) is 11.5 Å². The number of ether oxygens (including phenoxy) is 2. The average Bonchev–Trinajstić information content (AvgIpc) is 3.46. The number of hydrogen-bond acceptors (Lipinski definition) is 6. The van der Waals surface area contributed by atoms with Crippen molar-refractivity contribution in [3.05, 3.63) is 24.0 Å². The Morgan fingerprint density at radius 3 is 2.74 bits per heavy atom. The van der Waals surface area contributed by atoms with Gasteiger partial charge in [-0.25, -0.2) is 0 Å². The van der Waals surface area contributed by atoms with Crippen LogP contribution in [0.3, 0.4) is 0 Å². The third-order valence-electron chi connectivity index (χ3n) is 5.43. The Labute approximate surface area is 189 Å². The van der Waals surface area contributed by atoms with E-state index >= 15 is 0 Å². The Hall–Kier alpha value is -2.42. The number of nitrogens with zero attached hydrogens (tertiary/aromatic N) is 4. The molecule has 0 amide bonds. The third kappa shape index (κ3) is 6.06. The van der Waals surface area contributed by atoms with Gasteiger partial charge in [0.1, 0.15) is 5.82 Å². The number of methoxy groups -OCH3 is 1. The summed E-state index contributed by atoms with van der Waals surface area (Å²) in [5.41, 5.74) is 0.888. The van der Waals surface area contributed by atoms with Gasteiger partial charge in [-0.3, -0.25) is 4.99 Å². The summed E-state index contributed by atoms with van der Waals surface area (Å²) in [7, 11) is 3.41. The van der Waals surface area contributed by atoms with Crippen LogP contribution in [0, 0.1) is 0 Å².